The Bertz CT molecular complexity index is 584. The van der Waals surface area contributed by atoms with Crippen molar-refractivity contribution >= 4 is 9.84 Å². The number of rotatable bonds is 7. The van der Waals surface area contributed by atoms with Crippen LogP contribution in [0.25, 0.3) is 0 Å². The van der Waals surface area contributed by atoms with Crippen molar-refractivity contribution in [2.45, 2.75) is 30.6 Å². The molecule has 1 aromatic rings. The van der Waals surface area contributed by atoms with Gasteiger partial charge in [-0.15, -0.1) is 0 Å². The number of sulfone groups is 1. The minimum absolute atomic E-state index is 0.0927. The van der Waals surface area contributed by atoms with E-state index in [0.717, 1.165) is 11.3 Å². The molecular weight excluding hydrogens is 290 g/mol. The molecule has 0 radical (unpaired) electrons. The Hall–Kier alpha value is -1.11. The fraction of sp³-hybridized carbons (Fsp3) is 0.600. The van der Waals surface area contributed by atoms with Crippen LogP contribution >= 0.6 is 0 Å². The lowest BCUT2D eigenvalue weighted by Crippen LogP contribution is -2.36. The van der Waals surface area contributed by atoms with Gasteiger partial charge in [-0.25, -0.2) is 8.42 Å². The molecule has 0 saturated heterocycles. The Morgan fingerprint density at radius 1 is 1.24 bits per heavy atom. The van der Waals surface area contributed by atoms with E-state index in [4.69, 9.17) is 15.2 Å². The van der Waals surface area contributed by atoms with E-state index < -0.39 is 20.6 Å². The number of methoxy groups -OCH3 is 1. The lowest BCUT2D eigenvalue weighted by atomic mass is 10.1. The maximum absolute atomic E-state index is 12.3. The zero-order chi connectivity index (χ0) is 15.7. The Morgan fingerprint density at radius 2 is 1.86 bits per heavy atom. The number of nitrogens with two attached hydrogens (primary N) is 1. The number of ether oxygens (including phenoxy) is 2. The molecule has 0 unspecified atom stereocenters. The van der Waals surface area contributed by atoms with Crippen molar-refractivity contribution in [1.29, 1.82) is 0 Å². The Balaban J connectivity index is 2.30. The monoisotopic (exact) mass is 313 g/mol. The minimum atomic E-state index is -3.21. The van der Waals surface area contributed by atoms with Gasteiger partial charge in [0, 0.05) is 18.3 Å². The van der Waals surface area contributed by atoms with Gasteiger partial charge in [-0.2, -0.15) is 0 Å². The van der Waals surface area contributed by atoms with Crippen LogP contribution in [0.15, 0.2) is 24.3 Å². The molecule has 3 atom stereocenters. The van der Waals surface area contributed by atoms with E-state index in [1.54, 1.807) is 14.0 Å². The van der Waals surface area contributed by atoms with Crippen LogP contribution in [0.3, 0.4) is 0 Å². The smallest absolute Gasteiger partial charge is 0.155 e. The SMILES string of the molecule is CCOC[C@]1(N)[C@H](c2ccc(OC)cc2)[C@H]1S(=O)(=O)CC. The van der Waals surface area contributed by atoms with Gasteiger partial charge in [-0.05, 0) is 24.6 Å². The Labute approximate surface area is 126 Å². The van der Waals surface area contributed by atoms with E-state index in [0.29, 0.717) is 6.61 Å². The van der Waals surface area contributed by atoms with Crippen LogP contribution in [0, 0.1) is 0 Å². The first kappa shape index (κ1) is 16.3. The largest absolute Gasteiger partial charge is 0.497 e. The number of benzene rings is 1. The highest BCUT2D eigenvalue weighted by molar-refractivity contribution is 7.92. The fourth-order valence-electron chi connectivity index (χ4n) is 2.89. The van der Waals surface area contributed by atoms with Crippen LogP contribution in [-0.4, -0.2) is 45.3 Å². The molecule has 5 nitrogen and oxygen atoms in total. The summed E-state index contributed by atoms with van der Waals surface area (Å²) in [6, 6.07) is 7.40. The molecule has 118 valence electrons. The molecule has 6 heteroatoms. The van der Waals surface area contributed by atoms with Crippen molar-refractivity contribution in [1.82, 2.24) is 0 Å². The van der Waals surface area contributed by atoms with E-state index in [1.807, 2.05) is 31.2 Å². The Kier molecular flexibility index (Phi) is 4.60. The summed E-state index contributed by atoms with van der Waals surface area (Å²) in [4.78, 5) is 0. The molecule has 1 aromatic carbocycles. The molecule has 1 aliphatic carbocycles. The van der Waals surface area contributed by atoms with Crippen molar-refractivity contribution in [2.75, 3.05) is 26.1 Å². The summed E-state index contributed by atoms with van der Waals surface area (Å²) in [6.07, 6.45) is 0. The summed E-state index contributed by atoms with van der Waals surface area (Å²) in [5, 5.41) is -0.574. The highest BCUT2D eigenvalue weighted by Gasteiger charge is 2.68. The van der Waals surface area contributed by atoms with Crippen molar-refractivity contribution in [3.05, 3.63) is 29.8 Å². The zero-order valence-electron chi connectivity index (χ0n) is 12.7. The molecule has 1 fully saturated rings. The number of hydrogen-bond acceptors (Lipinski definition) is 5. The second-order valence-corrected chi connectivity index (χ2v) is 7.78. The first-order valence-corrected chi connectivity index (χ1v) is 8.84. The fourth-order valence-corrected chi connectivity index (χ4v) is 4.88. The molecule has 0 heterocycles. The van der Waals surface area contributed by atoms with E-state index >= 15 is 0 Å². The van der Waals surface area contributed by atoms with Gasteiger partial charge < -0.3 is 15.2 Å². The quantitative estimate of drug-likeness (QED) is 0.821. The van der Waals surface area contributed by atoms with Crippen LogP contribution in [0.1, 0.15) is 25.3 Å². The van der Waals surface area contributed by atoms with E-state index in [2.05, 4.69) is 0 Å². The van der Waals surface area contributed by atoms with Gasteiger partial charge in [-0.3, -0.25) is 0 Å². The van der Waals surface area contributed by atoms with Gasteiger partial charge in [0.25, 0.3) is 0 Å². The van der Waals surface area contributed by atoms with Crippen LogP contribution in [0.4, 0.5) is 0 Å². The molecule has 0 aromatic heterocycles. The third-order valence-electron chi connectivity index (χ3n) is 4.12. The lowest BCUT2D eigenvalue weighted by molar-refractivity contribution is 0.125. The van der Waals surface area contributed by atoms with Crippen LogP contribution in [-0.2, 0) is 14.6 Å². The van der Waals surface area contributed by atoms with E-state index in [9.17, 15) is 8.42 Å². The second kappa shape index (κ2) is 5.94. The first-order chi connectivity index (χ1) is 9.90. The average molecular weight is 313 g/mol. The molecule has 0 aliphatic heterocycles. The molecule has 0 bridgehead atoms. The van der Waals surface area contributed by atoms with Gasteiger partial charge in [0.1, 0.15) is 5.75 Å². The minimum Gasteiger partial charge on any atom is -0.497 e. The topological polar surface area (TPSA) is 78.6 Å². The average Bonchev–Trinajstić information content (AvgIpc) is 3.12. The molecule has 0 spiro atoms. The molecule has 0 amide bonds. The van der Waals surface area contributed by atoms with Crippen LogP contribution < -0.4 is 10.5 Å². The van der Waals surface area contributed by atoms with Crippen molar-refractivity contribution in [3.63, 3.8) is 0 Å². The van der Waals surface area contributed by atoms with E-state index in [-0.39, 0.29) is 18.3 Å². The van der Waals surface area contributed by atoms with Gasteiger partial charge in [0.2, 0.25) is 0 Å². The summed E-state index contributed by atoms with van der Waals surface area (Å²) >= 11 is 0. The Morgan fingerprint density at radius 3 is 2.33 bits per heavy atom. The summed E-state index contributed by atoms with van der Waals surface area (Å²) in [5.41, 5.74) is 6.43. The summed E-state index contributed by atoms with van der Waals surface area (Å²) in [5.74, 6) is 0.608. The standard InChI is InChI=1S/C15H23NO4S/c1-4-20-10-15(16)13(14(15)21(17,18)5-2)11-6-8-12(19-3)9-7-11/h6-9,13-14H,4-5,10,16H2,1-3H3/t13-,14-,15+/m1/s1. The third-order valence-corrected chi connectivity index (χ3v) is 6.41. The summed E-state index contributed by atoms with van der Waals surface area (Å²) in [6.45, 7) is 4.30. The van der Waals surface area contributed by atoms with Crippen molar-refractivity contribution < 1.29 is 17.9 Å². The molecular formula is C15H23NO4S. The maximum Gasteiger partial charge on any atom is 0.155 e. The molecule has 21 heavy (non-hydrogen) atoms. The molecule has 1 saturated carbocycles. The predicted octanol–water partition coefficient (Wildman–Crippen LogP) is 1.33. The lowest BCUT2D eigenvalue weighted by Gasteiger charge is -2.12. The molecule has 1 aliphatic rings. The van der Waals surface area contributed by atoms with Crippen molar-refractivity contribution in [3.8, 4) is 5.75 Å². The first-order valence-electron chi connectivity index (χ1n) is 7.12. The van der Waals surface area contributed by atoms with Crippen LogP contribution in [0.2, 0.25) is 0 Å². The zero-order valence-corrected chi connectivity index (χ0v) is 13.5. The summed E-state index contributed by atoms with van der Waals surface area (Å²) < 4.78 is 35.1. The second-order valence-electron chi connectivity index (χ2n) is 5.37. The van der Waals surface area contributed by atoms with Gasteiger partial charge >= 0.3 is 0 Å². The van der Waals surface area contributed by atoms with Crippen LogP contribution in [0.5, 0.6) is 5.75 Å². The highest BCUT2D eigenvalue weighted by atomic mass is 32.2. The van der Waals surface area contributed by atoms with Gasteiger partial charge in [0.15, 0.2) is 9.84 Å². The normalized spacial score (nSPS) is 28.4. The molecule has 2 N–H and O–H groups in total. The van der Waals surface area contributed by atoms with Gasteiger partial charge in [-0.1, -0.05) is 19.1 Å². The predicted molar refractivity (Wildman–Crippen MR) is 82.4 cm³/mol. The molecule has 2 rings (SSSR count). The maximum atomic E-state index is 12.3. The van der Waals surface area contributed by atoms with Crippen molar-refractivity contribution in [2.24, 2.45) is 5.73 Å². The summed E-state index contributed by atoms with van der Waals surface area (Å²) in [7, 11) is -1.62. The highest BCUT2D eigenvalue weighted by Crippen LogP contribution is 2.54. The van der Waals surface area contributed by atoms with E-state index in [1.165, 1.54) is 0 Å². The number of hydrogen-bond donors (Lipinski definition) is 1. The third kappa shape index (κ3) is 2.93. The van der Waals surface area contributed by atoms with Gasteiger partial charge in [0.05, 0.1) is 24.5 Å².